The molecule has 1 fully saturated rings. The molecule has 2 aliphatic rings. The van der Waals surface area contributed by atoms with E-state index in [-0.39, 0.29) is 11.2 Å². The van der Waals surface area contributed by atoms with Gasteiger partial charge in [-0.2, -0.15) is 0 Å². The fourth-order valence-corrected chi connectivity index (χ4v) is 5.23. The topological polar surface area (TPSA) is 50.3 Å². The van der Waals surface area contributed by atoms with Crippen molar-refractivity contribution in [2.45, 2.75) is 23.2 Å². The monoisotopic (exact) mass is 252 g/mol. The Bertz CT molecular complexity index is 545. The molecule has 0 N–H and O–H groups in total. The van der Waals surface area contributed by atoms with Gasteiger partial charge < -0.3 is 4.90 Å². The van der Waals surface area contributed by atoms with Crippen molar-refractivity contribution in [3.05, 3.63) is 24.0 Å². The molecule has 0 radical (unpaired) electrons. The first kappa shape index (κ1) is 11.2. The predicted octanol–water partition coefficient (Wildman–Crippen LogP) is 0.832. The van der Waals surface area contributed by atoms with E-state index >= 15 is 0 Å². The summed E-state index contributed by atoms with van der Waals surface area (Å²) in [6, 6.07) is 1.65. The van der Waals surface area contributed by atoms with E-state index in [2.05, 4.69) is 16.9 Å². The molecule has 2 aliphatic heterocycles. The Balaban J connectivity index is 2.11. The molecule has 0 bridgehead atoms. The fraction of sp³-hybridized carbons (Fsp3) is 0.583. The van der Waals surface area contributed by atoms with Crippen molar-refractivity contribution in [3.63, 3.8) is 0 Å². The average Bonchev–Trinajstić information content (AvgIpc) is 2.53. The Morgan fingerprint density at radius 2 is 2.06 bits per heavy atom. The van der Waals surface area contributed by atoms with Gasteiger partial charge in [0.25, 0.3) is 0 Å². The summed E-state index contributed by atoms with van der Waals surface area (Å²) in [6.07, 6.45) is 5.17. The van der Waals surface area contributed by atoms with Crippen LogP contribution in [0, 0.1) is 0 Å². The first-order chi connectivity index (χ1) is 8.04. The largest absolute Gasteiger partial charge is 0.306 e. The smallest absolute Gasteiger partial charge is 0.179 e. The van der Waals surface area contributed by atoms with Crippen LogP contribution in [0.3, 0.4) is 0 Å². The lowest BCUT2D eigenvalue weighted by Gasteiger charge is -2.37. The Morgan fingerprint density at radius 1 is 1.35 bits per heavy atom. The van der Waals surface area contributed by atoms with Gasteiger partial charge in [-0.25, -0.2) is 8.42 Å². The molecule has 3 heterocycles. The normalized spacial score (nSPS) is 25.9. The molecule has 1 saturated heterocycles. The highest BCUT2D eigenvalue weighted by Crippen LogP contribution is 2.45. The summed E-state index contributed by atoms with van der Waals surface area (Å²) in [6.45, 7) is 1.92. The minimum atomic E-state index is -3.09. The van der Waals surface area contributed by atoms with Gasteiger partial charge in [0.1, 0.15) is 0 Å². The number of hydrogen-bond acceptors (Lipinski definition) is 4. The van der Waals surface area contributed by atoms with Gasteiger partial charge in [0.15, 0.2) is 9.84 Å². The third-order valence-electron chi connectivity index (χ3n) is 4.10. The number of nitrogens with zero attached hydrogens (tertiary/aromatic N) is 2. The Kier molecular flexibility index (Phi) is 2.32. The van der Waals surface area contributed by atoms with Gasteiger partial charge >= 0.3 is 0 Å². The van der Waals surface area contributed by atoms with E-state index in [0.717, 1.165) is 31.5 Å². The lowest BCUT2D eigenvalue weighted by atomic mass is 9.75. The molecule has 3 rings (SSSR count). The third-order valence-corrected chi connectivity index (χ3v) is 6.06. The Labute approximate surface area is 102 Å². The van der Waals surface area contributed by atoms with Crippen LogP contribution >= 0.6 is 0 Å². The van der Waals surface area contributed by atoms with Crippen molar-refractivity contribution in [1.82, 2.24) is 9.88 Å². The van der Waals surface area contributed by atoms with E-state index in [1.54, 1.807) is 18.5 Å². The van der Waals surface area contributed by atoms with Crippen LogP contribution in [-0.2, 0) is 15.3 Å². The second kappa shape index (κ2) is 3.53. The van der Waals surface area contributed by atoms with E-state index in [1.165, 1.54) is 0 Å². The van der Waals surface area contributed by atoms with Crippen LogP contribution in [0.2, 0.25) is 0 Å². The molecule has 0 unspecified atom stereocenters. The van der Waals surface area contributed by atoms with Crippen LogP contribution < -0.4 is 0 Å². The van der Waals surface area contributed by atoms with Gasteiger partial charge in [0.2, 0.25) is 0 Å². The van der Waals surface area contributed by atoms with Crippen LogP contribution in [0.25, 0.3) is 0 Å². The fourth-order valence-electron chi connectivity index (χ4n) is 3.03. The van der Waals surface area contributed by atoms with Crippen LogP contribution in [-0.4, -0.2) is 44.2 Å². The van der Waals surface area contributed by atoms with Crippen molar-refractivity contribution in [1.29, 1.82) is 0 Å². The summed E-state index contributed by atoms with van der Waals surface area (Å²) in [5.41, 5.74) is 0.780. The highest BCUT2D eigenvalue weighted by Gasteiger charge is 2.48. The zero-order chi connectivity index (χ0) is 12.1. The number of hydrogen-bond donors (Lipinski definition) is 0. The Hall–Kier alpha value is -0.940. The number of aromatic nitrogens is 1. The van der Waals surface area contributed by atoms with Gasteiger partial charge in [-0.1, -0.05) is 0 Å². The molecule has 0 saturated carbocycles. The van der Waals surface area contributed by atoms with Gasteiger partial charge in [0.05, 0.1) is 10.6 Å². The average molecular weight is 252 g/mol. The molecule has 0 aromatic carbocycles. The zero-order valence-electron chi connectivity index (χ0n) is 9.89. The second-order valence-corrected chi connectivity index (χ2v) is 7.17. The summed E-state index contributed by atoms with van der Waals surface area (Å²) in [5, 5.41) is 0. The summed E-state index contributed by atoms with van der Waals surface area (Å²) in [5.74, 6) is 0.273. The maximum atomic E-state index is 12.2. The van der Waals surface area contributed by atoms with Crippen LogP contribution in [0.15, 0.2) is 23.4 Å². The molecule has 0 atom stereocenters. The molecule has 5 heteroatoms. The molecule has 17 heavy (non-hydrogen) atoms. The van der Waals surface area contributed by atoms with Crippen molar-refractivity contribution in [2.24, 2.45) is 0 Å². The van der Waals surface area contributed by atoms with Crippen LogP contribution in [0.4, 0.5) is 0 Å². The first-order valence-corrected chi connectivity index (χ1v) is 7.55. The van der Waals surface area contributed by atoms with Crippen molar-refractivity contribution < 1.29 is 8.42 Å². The number of likely N-dealkylation sites (tertiary alicyclic amines) is 1. The number of pyridine rings is 1. The molecule has 0 aliphatic carbocycles. The number of piperidine rings is 1. The summed E-state index contributed by atoms with van der Waals surface area (Å²) in [4.78, 5) is 6.88. The molecule has 4 nitrogen and oxygen atoms in total. The number of rotatable bonds is 0. The van der Waals surface area contributed by atoms with Crippen molar-refractivity contribution >= 4 is 9.84 Å². The second-order valence-electron chi connectivity index (χ2n) is 5.21. The summed E-state index contributed by atoms with van der Waals surface area (Å²) < 4.78 is 24.3. The van der Waals surface area contributed by atoms with Crippen LogP contribution in [0.1, 0.15) is 18.4 Å². The molecule has 1 aromatic rings. The minimum absolute atomic E-state index is 0.172. The van der Waals surface area contributed by atoms with Gasteiger partial charge in [-0.05, 0) is 44.6 Å². The van der Waals surface area contributed by atoms with Gasteiger partial charge in [-0.3, -0.25) is 4.98 Å². The third kappa shape index (κ3) is 1.60. The highest BCUT2D eigenvalue weighted by atomic mass is 32.2. The van der Waals surface area contributed by atoms with E-state index < -0.39 is 9.84 Å². The number of fused-ring (bicyclic) bond motifs is 2. The maximum absolute atomic E-state index is 12.2. The van der Waals surface area contributed by atoms with Gasteiger partial charge in [-0.15, -0.1) is 0 Å². The van der Waals surface area contributed by atoms with Crippen LogP contribution in [0.5, 0.6) is 0 Å². The standard InChI is InChI=1S/C12H16N2O2S/c1-14-6-3-12(4-7-14)9-17(15,16)11-2-5-13-8-10(11)12/h2,5,8H,3-4,6-7,9H2,1H3. The zero-order valence-corrected chi connectivity index (χ0v) is 10.7. The van der Waals surface area contributed by atoms with E-state index in [1.807, 2.05) is 0 Å². The minimum Gasteiger partial charge on any atom is -0.306 e. The Morgan fingerprint density at radius 3 is 2.76 bits per heavy atom. The van der Waals surface area contributed by atoms with Crippen molar-refractivity contribution in [2.75, 3.05) is 25.9 Å². The van der Waals surface area contributed by atoms with E-state index in [4.69, 9.17) is 0 Å². The van der Waals surface area contributed by atoms with E-state index in [0.29, 0.717) is 4.90 Å². The van der Waals surface area contributed by atoms with E-state index in [9.17, 15) is 8.42 Å². The highest BCUT2D eigenvalue weighted by molar-refractivity contribution is 7.91. The summed E-state index contributed by atoms with van der Waals surface area (Å²) >= 11 is 0. The SMILES string of the molecule is CN1CCC2(CC1)CS(=O)(=O)c1ccncc12. The first-order valence-electron chi connectivity index (χ1n) is 5.89. The molecule has 1 spiro atoms. The van der Waals surface area contributed by atoms with Crippen molar-refractivity contribution in [3.8, 4) is 0 Å². The quantitative estimate of drug-likeness (QED) is 0.686. The lowest BCUT2D eigenvalue weighted by molar-refractivity contribution is 0.203. The van der Waals surface area contributed by atoms with Gasteiger partial charge in [0, 0.05) is 17.8 Å². The molecular formula is C12H16N2O2S. The molecule has 0 amide bonds. The molecule has 1 aromatic heterocycles. The predicted molar refractivity (Wildman–Crippen MR) is 64.7 cm³/mol. The lowest BCUT2D eigenvalue weighted by Crippen LogP contribution is -2.42. The molecular weight excluding hydrogens is 236 g/mol. The summed E-state index contributed by atoms with van der Waals surface area (Å²) in [7, 11) is -1.01. The maximum Gasteiger partial charge on any atom is 0.179 e. The number of sulfone groups is 1. The molecule has 92 valence electrons.